The van der Waals surface area contributed by atoms with Crippen LogP contribution in [0.25, 0.3) is 0 Å². The molecule has 1 aromatic rings. The predicted molar refractivity (Wildman–Crippen MR) is 84.1 cm³/mol. The maximum Gasteiger partial charge on any atom is 0.0834 e. The number of nitrogens with one attached hydrogen (secondary N) is 1. The van der Waals surface area contributed by atoms with Crippen molar-refractivity contribution in [2.24, 2.45) is 11.3 Å². The summed E-state index contributed by atoms with van der Waals surface area (Å²) in [5.74, 6) is 0.648. The van der Waals surface area contributed by atoms with E-state index in [0.717, 1.165) is 30.4 Å². The maximum atomic E-state index is 6.42. The summed E-state index contributed by atoms with van der Waals surface area (Å²) in [5, 5.41) is 8.87. The van der Waals surface area contributed by atoms with Gasteiger partial charge in [-0.1, -0.05) is 32.4 Å². The number of nitrogens with zero attached hydrogens (tertiary/aromatic N) is 3. The first-order valence-corrected chi connectivity index (χ1v) is 7.84. The zero-order valence-electron chi connectivity index (χ0n) is 13.3. The molecule has 0 bridgehead atoms. The van der Waals surface area contributed by atoms with Crippen molar-refractivity contribution in [2.75, 3.05) is 27.2 Å². The lowest BCUT2D eigenvalue weighted by molar-refractivity contribution is 0.349. The smallest absolute Gasteiger partial charge is 0.0834 e. The lowest BCUT2D eigenvalue weighted by Crippen LogP contribution is -2.29. The van der Waals surface area contributed by atoms with Gasteiger partial charge in [-0.15, -0.1) is 0 Å². The summed E-state index contributed by atoms with van der Waals surface area (Å²) in [5.41, 5.74) is 1.57. The number of aromatic nitrogens is 2. The van der Waals surface area contributed by atoms with Gasteiger partial charge in [0.05, 0.1) is 29.5 Å². The molecular weight excluding hydrogens is 272 g/mol. The number of rotatable bonds is 7. The Bertz CT molecular complexity index is 453. The van der Waals surface area contributed by atoms with Crippen molar-refractivity contribution >= 4 is 11.6 Å². The van der Waals surface area contributed by atoms with Gasteiger partial charge < -0.3 is 10.2 Å². The second kappa shape index (κ2) is 6.04. The molecule has 2 atom stereocenters. The van der Waals surface area contributed by atoms with Crippen LogP contribution in [0.3, 0.4) is 0 Å². The molecule has 2 rings (SSSR count). The van der Waals surface area contributed by atoms with Crippen LogP contribution in [0.5, 0.6) is 0 Å². The van der Waals surface area contributed by atoms with Crippen LogP contribution >= 0.6 is 11.6 Å². The van der Waals surface area contributed by atoms with Crippen LogP contribution in [0.15, 0.2) is 6.20 Å². The third-order valence-electron chi connectivity index (χ3n) is 4.30. The number of hydrogen-bond donors (Lipinski definition) is 1. The summed E-state index contributed by atoms with van der Waals surface area (Å²) in [7, 11) is 4.16. The van der Waals surface area contributed by atoms with Crippen LogP contribution in [0.2, 0.25) is 5.02 Å². The summed E-state index contributed by atoms with van der Waals surface area (Å²) in [6, 6.07) is 0.312. The summed E-state index contributed by atoms with van der Waals surface area (Å²) in [4.78, 5) is 2.17. The van der Waals surface area contributed by atoms with E-state index < -0.39 is 0 Å². The van der Waals surface area contributed by atoms with Crippen molar-refractivity contribution in [3.05, 3.63) is 16.9 Å². The van der Waals surface area contributed by atoms with Crippen LogP contribution in [0.1, 0.15) is 38.9 Å². The van der Waals surface area contributed by atoms with E-state index in [1.807, 2.05) is 0 Å². The van der Waals surface area contributed by atoms with Gasteiger partial charge in [0.15, 0.2) is 0 Å². The van der Waals surface area contributed by atoms with E-state index in [0.29, 0.717) is 17.4 Å². The van der Waals surface area contributed by atoms with Gasteiger partial charge in [-0.2, -0.15) is 5.10 Å². The minimum Gasteiger partial charge on any atom is -0.309 e. The van der Waals surface area contributed by atoms with Gasteiger partial charge in [0.25, 0.3) is 0 Å². The van der Waals surface area contributed by atoms with Crippen LogP contribution in [0, 0.1) is 11.3 Å². The molecule has 1 heterocycles. The van der Waals surface area contributed by atoms with Crippen molar-refractivity contribution < 1.29 is 0 Å². The van der Waals surface area contributed by atoms with Crippen molar-refractivity contribution in [1.82, 2.24) is 20.0 Å². The predicted octanol–water partition coefficient (Wildman–Crippen LogP) is 2.79. The highest BCUT2D eigenvalue weighted by atomic mass is 35.5. The van der Waals surface area contributed by atoms with Crippen molar-refractivity contribution in [2.45, 2.75) is 39.8 Å². The van der Waals surface area contributed by atoms with E-state index in [1.165, 1.54) is 6.42 Å². The van der Waals surface area contributed by atoms with Crippen LogP contribution in [-0.2, 0) is 6.54 Å². The fourth-order valence-electron chi connectivity index (χ4n) is 2.88. The summed E-state index contributed by atoms with van der Waals surface area (Å²) in [6.07, 6.45) is 3.03. The zero-order valence-corrected chi connectivity index (χ0v) is 14.0. The fraction of sp³-hybridized carbons (Fsp3) is 0.800. The van der Waals surface area contributed by atoms with E-state index in [4.69, 9.17) is 11.6 Å². The molecule has 0 radical (unpaired) electrons. The Morgan fingerprint density at radius 3 is 2.70 bits per heavy atom. The second-order valence-corrected chi connectivity index (χ2v) is 7.15. The molecule has 0 amide bonds. The van der Waals surface area contributed by atoms with Gasteiger partial charge in [-0.3, -0.25) is 4.68 Å². The molecule has 0 aromatic carbocycles. The number of likely N-dealkylation sites (N-methyl/N-ethyl adjacent to an activating group) is 1. The van der Waals surface area contributed by atoms with E-state index in [2.05, 4.69) is 54.9 Å². The summed E-state index contributed by atoms with van der Waals surface area (Å²) in [6.45, 7) is 9.61. The van der Waals surface area contributed by atoms with Crippen LogP contribution in [0.4, 0.5) is 0 Å². The molecule has 0 aliphatic heterocycles. The van der Waals surface area contributed by atoms with Gasteiger partial charge in [0.2, 0.25) is 0 Å². The quantitative estimate of drug-likeness (QED) is 0.840. The fourth-order valence-corrected chi connectivity index (χ4v) is 3.14. The van der Waals surface area contributed by atoms with Crippen molar-refractivity contribution in [1.29, 1.82) is 0 Å². The second-order valence-electron chi connectivity index (χ2n) is 6.74. The zero-order chi connectivity index (χ0) is 14.9. The molecule has 0 saturated heterocycles. The summed E-state index contributed by atoms with van der Waals surface area (Å²) >= 11 is 6.42. The van der Waals surface area contributed by atoms with Crippen LogP contribution in [-0.4, -0.2) is 41.9 Å². The molecular formula is C15H27ClN4. The summed E-state index contributed by atoms with van der Waals surface area (Å²) < 4.78 is 2.07. The molecule has 4 nitrogen and oxygen atoms in total. The standard InChI is InChI=1S/C15H27ClN4/c1-6-17-13(11-9-15(11,2)3)14-12(16)10-18-20(14)8-7-19(4)5/h10-11,13,17H,6-9H2,1-5H3. The van der Waals surface area contributed by atoms with E-state index >= 15 is 0 Å². The first-order valence-electron chi connectivity index (χ1n) is 7.46. The molecule has 1 saturated carbocycles. The molecule has 1 aliphatic carbocycles. The van der Waals surface area contributed by atoms with E-state index in [9.17, 15) is 0 Å². The molecule has 20 heavy (non-hydrogen) atoms. The van der Waals surface area contributed by atoms with Crippen molar-refractivity contribution in [3.8, 4) is 0 Å². The average molecular weight is 299 g/mol. The first kappa shape index (κ1) is 15.8. The van der Waals surface area contributed by atoms with Crippen LogP contribution < -0.4 is 5.32 Å². The Morgan fingerprint density at radius 2 is 2.20 bits per heavy atom. The highest BCUT2D eigenvalue weighted by Gasteiger charge is 2.51. The lowest BCUT2D eigenvalue weighted by Gasteiger charge is -2.22. The Labute approximate surface area is 127 Å². The van der Waals surface area contributed by atoms with Crippen molar-refractivity contribution in [3.63, 3.8) is 0 Å². The minimum atomic E-state index is 0.312. The Morgan fingerprint density at radius 1 is 1.55 bits per heavy atom. The first-order chi connectivity index (χ1) is 9.36. The van der Waals surface area contributed by atoms with Gasteiger partial charge in [0.1, 0.15) is 0 Å². The largest absolute Gasteiger partial charge is 0.309 e. The SMILES string of the molecule is CCNC(c1c(Cl)cnn1CCN(C)C)C1CC1(C)C. The van der Waals surface area contributed by atoms with Gasteiger partial charge >= 0.3 is 0 Å². The normalized spacial score (nSPS) is 22.2. The van der Waals surface area contributed by atoms with E-state index in [-0.39, 0.29) is 0 Å². The molecule has 1 aromatic heterocycles. The molecule has 1 fully saturated rings. The molecule has 5 heteroatoms. The van der Waals surface area contributed by atoms with Gasteiger partial charge in [-0.05, 0) is 38.4 Å². The minimum absolute atomic E-state index is 0.312. The Hall–Kier alpha value is -0.580. The Balaban J connectivity index is 2.21. The third kappa shape index (κ3) is 3.35. The molecule has 1 N–H and O–H groups in total. The third-order valence-corrected chi connectivity index (χ3v) is 4.59. The molecule has 2 unspecified atom stereocenters. The maximum absolute atomic E-state index is 6.42. The average Bonchev–Trinajstić information content (AvgIpc) is 2.83. The highest BCUT2D eigenvalue weighted by Crippen LogP contribution is 2.58. The number of halogens is 1. The molecule has 114 valence electrons. The van der Waals surface area contributed by atoms with E-state index in [1.54, 1.807) is 6.20 Å². The molecule has 0 spiro atoms. The number of hydrogen-bond acceptors (Lipinski definition) is 3. The van der Waals surface area contributed by atoms with Gasteiger partial charge in [0, 0.05) is 6.54 Å². The monoisotopic (exact) mass is 298 g/mol. The topological polar surface area (TPSA) is 33.1 Å². The lowest BCUT2D eigenvalue weighted by atomic mass is 10.0. The Kier molecular flexibility index (Phi) is 4.77. The highest BCUT2D eigenvalue weighted by molar-refractivity contribution is 6.31. The molecule has 1 aliphatic rings. The van der Waals surface area contributed by atoms with Gasteiger partial charge in [-0.25, -0.2) is 0 Å².